The number of nitrogens with zero attached hydrogens (tertiary/aromatic N) is 1. The second-order valence-electron chi connectivity index (χ2n) is 4.43. The molecule has 104 valence electrons. The zero-order chi connectivity index (χ0) is 14.5. The van der Waals surface area contributed by atoms with Crippen molar-refractivity contribution in [1.29, 1.82) is 0 Å². The maximum atomic E-state index is 12.2. The number of anilines is 2. The number of carbonyl (C=O) groups is 1. The molecule has 0 spiro atoms. The Morgan fingerprint density at radius 3 is 2.60 bits per heavy atom. The number of aromatic nitrogens is 1. The Bertz CT molecular complexity index is 609. The van der Waals surface area contributed by atoms with Gasteiger partial charge in [-0.3, -0.25) is 9.78 Å². The van der Waals surface area contributed by atoms with Crippen LogP contribution in [0.3, 0.4) is 0 Å². The van der Waals surface area contributed by atoms with Crippen LogP contribution in [0.1, 0.15) is 21.6 Å². The molecule has 1 amide bonds. The van der Waals surface area contributed by atoms with E-state index in [1.165, 1.54) is 0 Å². The minimum Gasteiger partial charge on any atom is -0.392 e. The minimum atomic E-state index is -0.224. The fourth-order valence-corrected chi connectivity index (χ4v) is 1.84. The molecule has 1 aromatic heterocycles. The van der Waals surface area contributed by atoms with Gasteiger partial charge in [0.2, 0.25) is 0 Å². The van der Waals surface area contributed by atoms with Gasteiger partial charge in [0.15, 0.2) is 0 Å². The number of nitrogens with one attached hydrogen (secondary N) is 2. The first-order valence-corrected chi connectivity index (χ1v) is 6.29. The van der Waals surface area contributed by atoms with Crippen LogP contribution in [0.25, 0.3) is 0 Å². The van der Waals surface area contributed by atoms with E-state index in [1.807, 2.05) is 13.0 Å². The lowest BCUT2D eigenvalue weighted by Gasteiger charge is -2.10. The zero-order valence-corrected chi connectivity index (χ0v) is 11.5. The zero-order valence-electron chi connectivity index (χ0n) is 11.5. The number of hydrogen-bond donors (Lipinski definition) is 3. The second-order valence-corrected chi connectivity index (χ2v) is 4.43. The molecule has 0 atom stereocenters. The van der Waals surface area contributed by atoms with Gasteiger partial charge in [0.1, 0.15) is 0 Å². The number of rotatable bonds is 4. The summed E-state index contributed by atoms with van der Waals surface area (Å²) in [6.45, 7) is 1.86. The fourth-order valence-electron chi connectivity index (χ4n) is 1.84. The lowest BCUT2D eigenvalue weighted by molar-refractivity contribution is 0.102. The van der Waals surface area contributed by atoms with Gasteiger partial charge >= 0.3 is 0 Å². The maximum Gasteiger partial charge on any atom is 0.259 e. The summed E-state index contributed by atoms with van der Waals surface area (Å²) in [5.74, 6) is -0.224. The molecule has 5 heteroatoms. The van der Waals surface area contributed by atoms with Crippen molar-refractivity contribution in [3.05, 3.63) is 53.3 Å². The third-order valence-electron chi connectivity index (χ3n) is 2.95. The number of aliphatic hydroxyl groups is 1. The molecular weight excluding hydrogens is 254 g/mol. The molecule has 0 aliphatic carbocycles. The van der Waals surface area contributed by atoms with Crippen molar-refractivity contribution >= 4 is 17.3 Å². The second kappa shape index (κ2) is 6.16. The summed E-state index contributed by atoms with van der Waals surface area (Å²) in [6.07, 6.45) is 1.55. The third-order valence-corrected chi connectivity index (χ3v) is 2.95. The van der Waals surface area contributed by atoms with E-state index in [0.717, 1.165) is 16.9 Å². The van der Waals surface area contributed by atoms with E-state index in [0.29, 0.717) is 11.3 Å². The Kier molecular flexibility index (Phi) is 4.32. The van der Waals surface area contributed by atoms with Gasteiger partial charge in [0.25, 0.3) is 5.91 Å². The number of amides is 1. The summed E-state index contributed by atoms with van der Waals surface area (Å²) in [5, 5.41) is 14.8. The molecule has 1 aromatic carbocycles. The van der Waals surface area contributed by atoms with Crippen molar-refractivity contribution in [2.75, 3.05) is 17.7 Å². The molecule has 5 nitrogen and oxygen atoms in total. The van der Waals surface area contributed by atoms with E-state index in [9.17, 15) is 4.79 Å². The molecule has 2 rings (SSSR count). The number of benzene rings is 1. The first-order chi connectivity index (χ1) is 9.63. The summed E-state index contributed by atoms with van der Waals surface area (Å²) >= 11 is 0. The highest BCUT2D eigenvalue weighted by Gasteiger charge is 2.11. The van der Waals surface area contributed by atoms with Crippen LogP contribution in [-0.2, 0) is 6.61 Å². The summed E-state index contributed by atoms with van der Waals surface area (Å²) in [7, 11) is 1.77. The summed E-state index contributed by atoms with van der Waals surface area (Å²) in [4.78, 5) is 16.4. The van der Waals surface area contributed by atoms with E-state index in [4.69, 9.17) is 5.11 Å². The topological polar surface area (TPSA) is 74.2 Å². The van der Waals surface area contributed by atoms with E-state index < -0.39 is 0 Å². The van der Waals surface area contributed by atoms with E-state index >= 15 is 0 Å². The Balaban J connectivity index is 2.19. The van der Waals surface area contributed by atoms with E-state index in [-0.39, 0.29) is 12.5 Å². The number of carbonyl (C=O) groups excluding carboxylic acids is 1. The molecule has 0 aliphatic rings. The fraction of sp³-hybridized carbons (Fsp3) is 0.200. The largest absolute Gasteiger partial charge is 0.392 e. The Morgan fingerprint density at radius 2 is 2.00 bits per heavy atom. The van der Waals surface area contributed by atoms with Crippen LogP contribution >= 0.6 is 0 Å². The lowest BCUT2D eigenvalue weighted by Crippen LogP contribution is -2.14. The molecule has 0 unspecified atom stereocenters. The predicted molar refractivity (Wildman–Crippen MR) is 78.8 cm³/mol. The highest BCUT2D eigenvalue weighted by Crippen LogP contribution is 2.17. The lowest BCUT2D eigenvalue weighted by atomic mass is 10.1. The molecule has 20 heavy (non-hydrogen) atoms. The van der Waals surface area contributed by atoms with Crippen LogP contribution in [0.2, 0.25) is 0 Å². The number of hydrogen-bond acceptors (Lipinski definition) is 4. The van der Waals surface area contributed by atoms with Crippen LogP contribution < -0.4 is 10.6 Å². The Morgan fingerprint density at radius 1 is 1.30 bits per heavy atom. The standard InChI is InChI=1S/C15H17N3O2/c1-10-7-14(16-2)13(8-17-10)15(20)18-12-5-3-11(9-19)4-6-12/h3-8,19H,9H2,1-2H3,(H,16,17)(H,18,20). The van der Waals surface area contributed by atoms with Gasteiger partial charge in [-0.15, -0.1) is 0 Å². The van der Waals surface area contributed by atoms with Crippen LogP contribution in [0.4, 0.5) is 11.4 Å². The van der Waals surface area contributed by atoms with Crippen molar-refractivity contribution in [3.8, 4) is 0 Å². The van der Waals surface area contributed by atoms with Crippen LogP contribution in [0.15, 0.2) is 36.5 Å². The van der Waals surface area contributed by atoms with Gasteiger partial charge < -0.3 is 15.7 Å². The van der Waals surface area contributed by atoms with E-state index in [2.05, 4.69) is 15.6 Å². The third kappa shape index (κ3) is 3.13. The molecule has 2 aromatic rings. The highest BCUT2D eigenvalue weighted by atomic mass is 16.3. The van der Waals surface area contributed by atoms with Crippen molar-refractivity contribution in [2.24, 2.45) is 0 Å². The SMILES string of the molecule is CNc1cc(C)ncc1C(=O)Nc1ccc(CO)cc1. The van der Waals surface area contributed by atoms with Crippen LogP contribution in [0, 0.1) is 6.92 Å². The normalized spacial score (nSPS) is 10.2. The van der Waals surface area contributed by atoms with Crippen LogP contribution in [0.5, 0.6) is 0 Å². The van der Waals surface area contributed by atoms with Crippen molar-refractivity contribution < 1.29 is 9.90 Å². The van der Waals surface area contributed by atoms with Crippen molar-refractivity contribution in [3.63, 3.8) is 0 Å². The number of aliphatic hydroxyl groups excluding tert-OH is 1. The number of pyridine rings is 1. The molecule has 1 heterocycles. The molecule has 0 saturated heterocycles. The van der Waals surface area contributed by atoms with Gasteiger partial charge in [0, 0.05) is 24.6 Å². The molecule has 0 saturated carbocycles. The monoisotopic (exact) mass is 271 g/mol. The summed E-state index contributed by atoms with van der Waals surface area (Å²) in [5.41, 5.74) is 3.55. The minimum absolute atomic E-state index is 0.0139. The quantitative estimate of drug-likeness (QED) is 0.796. The van der Waals surface area contributed by atoms with Gasteiger partial charge in [-0.2, -0.15) is 0 Å². The predicted octanol–water partition coefficient (Wildman–Crippen LogP) is 2.18. The van der Waals surface area contributed by atoms with Gasteiger partial charge in [-0.05, 0) is 30.7 Å². The van der Waals surface area contributed by atoms with Gasteiger partial charge in [0.05, 0.1) is 17.9 Å². The Hall–Kier alpha value is -2.40. The average molecular weight is 271 g/mol. The molecule has 0 radical (unpaired) electrons. The van der Waals surface area contributed by atoms with Crippen molar-refractivity contribution in [2.45, 2.75) is 13.5 Å². The first kappa shape index (κ1) is 14.0. The van der Waals surface area contributed by atoms with Crippen LogP contribution in [-0.4, -0.2) is 23.0 Å². The summed E-state index contributed by atoms with van der Waals surface area (Å²) < 4.78 is 0. The first-order valence-electron chi connectivity index (χ1n) is 6.29. The maximum absolute atomic E-state index is 12.2. The molecule has 3 N–H and O–H groups in total. The summed E-state index contributed by atoms with van der Waals surface area (Å²) in [6, 6.07) is 8.86. The highest BCUT2D eigenvalue weighted by molar-refractivity contribution is 6.07. The molecule has 0 fully saturated rings. The number of aryl methyl sites for hydroxylation is 1. The molecular formula is C15H17N3O2. The van der Waals surface area contributed by atoms with Crippen molar-refractivity contribution in [1.82, 2.24) is 4.98 Å². The van der Waals surface area contributed by atoms with Gasteiger partial charge in [-0.1, -0.05) is 12.1 Å². The Labute approximate surface area is 117 Å². The molecule has 0 bridgehead atoms. The smallest absolute Gasteiger partial charge is 0.259 e. The van der Waals surface area contributed by atoms with E-state index in [1.54, 1.807) is 37.5 Å². The average Bonchev–Trinajstić information content (AvgIpc) is 2.47. The van der Waals surface area contributed by atoms with Gasteiger partial charge in [-0.25, -0.2) is 0 Å². The molecule has 0 aliphatic heterocycles.